The Balaban J connectivity index is 1.34. The van der Waals surface area contributed by atoms with Gasteiger partial charge in [0.2, 0.25) is 0 Å². The molecule has 7 nitrogen and oxygen atoms in total. The fourth-order valence-corrected chi connectivity index (χ4v) is 3.55. The molecule has 1 aromatic carbocycles. The summed E-state index contributed by atoms with van der Waals surface area (Å²) < 4.78 is 13.1. The minimum absolute atomic E-state index is 0.139. The summed E-state index contributed by atoms with van der Waals surface area (Å²) in [7, 11) is 0. The lowest BCUT2D eigenvalue weighted by atomic mass is 10.1. The first-order valence-electron chi connectivity index (χ1n) is 10.6. The van der Waals surface area contributed by atoms with Crippen LogP contribution in [0.2, 0.25) is 0 Å². The molecule has 1 fully saturated rings. The molecule has 1 aliphatic carbocycles. The van der Waals surface area contributed by atoms with Crippen LogP contribution >= 0.6 is 0 Å². The number of fused-ring (bicyclic) bond motifs is 1. The number of aromatic nitrogens is 2. The van der Waals surface area contributed by atoms with Crippen LogP contribution in [-0.4, -0.2) is 45.7 Å². The second kappa shape index (κ2) is 9.31. The Kier molecular flexibility index (Phi) is 6.32. The van der Waals surface area contributed by atoms with Gasteiger partial charge in [-0.3, -0.25) is 4.79 Å². The van der Waals surface area contributed by atoms with Gasteiger partial charge in [0.05, 0.1) is 6.54 Å². The van der Waals surface area contributed by atoms with Crippen LogP contribution in [0.4, 0.5) is 0 Å². The molecule has 31 heavy (non-hydrogen) atoms. The first-order chi connectivity index (χ1) is 15.0. The van der Waals surface area contributed by atoms with Gasteiger partial charge in [0, 0.05) is 30.5 Å². The lowest BCUT2D eigenvalue weighted by Crippen LogP contribution is -2.26. The van der Waals surface area contributed by atoms with Crippen molar-refractivity contribution >= 4 is 22.8 Å². The number of carbonyl (C=O) groups excluding carboxylic acids is 1. The molecule has 1 N–H and O–H groups in total. The van der Waals surface area contributed by atoms with Crippen LogP contribution in [-0.2, 0) is 22.5 Å². The van der Waals surface area contributed by atoms with E-state index in [1.165, 1.54) is 0 Å². The number of aliphatic carboxylic acids is 1. The Bertz CT molecular complexity index is 1070. The summed E-state index contributed by atoms with van der Waals surface area (Å²) in [6.07, 6.45) is 3.36. The van der Waals surface area contributed by atoms with E-state index >= 15 is 0 Å². The Morgan fingerprint density at radius 1 is 1.16 bits per heavy atom. The number of nitrogens with zero attached hydrogens (tertiary/aromatic N) is 2. The number of hydrogen-bond donors (Lipinski definition) is 1. The van der Waals surface area contributed by atoms with E-state index in [9.17, 15) is 14.7 Å². The molecule has 1 unspecified atom stereocenters. The third kappa shape index (κ3) is 5.11. The van der Waals surface area contributed by atoms with Crippen LogP contribution in [0.5, 0.6) is 5.75 Å². The molecule has 0 saturated heterocycles. The predicted octanol–water partition coefficient (Wildman–Crippen LogP) is 3.74. The SMILES string of the molecule is CCOC(Cc1ccc(OCCn2ccc3ccc(C(=O)C4CC4)nc32)cc1)C(=O)O. The van der Waals surface area contributed by atoms with Gasteiger partial charge >= 0.3 is 5.97 Å². The molecule has 0 bridgehead atoms. The number of ketones is 1. The number of hydrogen-bond acceptors (Lipinski definition) is 5. The molecule has 0 aliphatic heterocycles. The third-order valence-electron chi connectivity index (χ3n) is 5.40. The van der Waals surface area contributed by atoms with Gasteiger partial charge in [0.15, 0.2) is 11.9 Å². The van der Waals surface area contributed by atoms with E-state index in [2.05, 4.69) is 4.98 Å². The van der Waals surface area contributed by atoms with E-state index in [4.69, 9.17) is 9.47 Å². The molecule has 0 radical (unpaired) electrons. The first kappa shape index (κ1) is 21.1. The molecule has 162 valence electrons. The molecule has 1 aliphatic rings. The van der Waals surface area contributed by atoms with Crippen molar-refractivity contribution in [2.45, 2.75) is 38.8 Å². The monoisotopic (exact) mass is 422 g/mol. The molecular weight excluding hydrogens is 396 g/mol. The molecule has 1 atom stereocenters. The highest BCUT2D eigenvalue weighted by Crippen LogP contribution is 2.32. The van der Waals surface area contributed by atoms with Gasteiger partial charge in [-0.05, 0) is 55.7 Å². The quantitative estimate of drug-likeness (QED) is 0.474. The first-order valence-corrected chi connectivity index (χ1v) is 10.6. The van der Waals surface area contributed by atoms with Crippen molar-refractivity contribution in [3.63, 3.8) is 0 Å². The van der Waals surface area contributed by atoms with Crippen LogP contribution in [0.25, 0.3) is 11.0 Å². The summed E-state index contributed by atoms with van der Waals surface area (Å²) >= 11 is 0. The van der Waals surface area contributed by atoms with Crippen molar-refractivity contribution in [2.75, 3.05) is 13.2 Å². The van der Waals surface area contributed by atoms with Crippen molar-refractivity contribution < 1.29 is 24.2 Å². The molecule has 2 aromatic heterocycles. The molecule has 2 heterocycles. The number of benzene rings is 1. The van der Waals surface area contributed by atoms with Gasteiger partial charge in [-0.2, -0.15) is 0 Å². The molecule has 4 rings (SSSR count). The maximum atomic E-state index is 12.3. The van der Waals surface area contributed by atoms with Gasteiger partial charge in [-0.1, -0.05) is 12.1 Å². The average molecular weight is 422 g/mol. The molecule has 3 aromatic rings. The number of carbonyl (C=O) groups is 2. The van der Waals surface area contributed by atoms with Crippen molar-refractivity contribution in [3.05, 3.63) is 59.9 Å². The zero-order valence-corrected chi connectivity index (χ0v) is 17.5. The lowest BCUT2D eigenvalue weighted by molar-refractivity contribution is -0.149. The van der Waals surface area contributed by atoms with Gasteiger partial charge in [0.1, 0.15) is 23.7 Å². The van der Waals surface area contributed by atoms with E-state index in [-0.39, 0.29) is 11.7 Å². The lowest BCUT2D eigenvalue weighted by Gasteiger charge is -2.13. The Labute approximate surface area is 180 Å². The van der Waals surface area contributed by atoms with Crippen LogP contribution in [0.15, 0.2) is 48.7 Å². The molecular formula is C24H26N2O5. The summed E-state index contributed by atoms with van der Waals surface area (Å²) in [5, 5.41) is 10.2. The van der Waals surface area contributed by atoms with Crippen molar-refractivity contribution in [3.8, 4) is 5.75 Å². The van der Waals surface area contributed by atoms with Crippen LogP contribution in [0, 0.1) is 5.92 Å². The molecule has 1 saturated carbocycles. The van der Waals surface area contributed by atoms with Crippen LogP contribution in [0.3, 0.4) is 0 Å². The predicted molar refractivity (Wildman–Crippen MR) is 115 cm³/mol. The maximum absolute atomic E-state index is 12.3. The maximum Gasteiger partial charge on any atom is 0.333 e. The van der Waals surface area contributed by atoms with E-state index < -0.39 is 12.1 Å². The van der Waals surface area contributed by atoms with E-state index in [1.807, 2.05) is 53.2 Å². The van der Waals surface area contributed by atoms with E-state index in [0.717, 1.165) is 29.4 Å². The van der Waals surface area contributed by atoms with Gasteiger partial charge in [-0.25, -0.2) is 9.78 Å². The van der Waals surface area contributed by atoms with Gasteiger partial charge < -0.3 is 19.1 Å². The highest BCUT2D eigenvalue weighted by molar-refractivity contribution is 5.99. The normalized spacial score (nSPS) is 14.5. The van der Waals surface area contributed by atoms with Gasteiger partial charge in [-0.15, -0.1) is 0 Å². The van der Waals surface area contributed by atoms with Crippen LogP contribution < -0.4 is 4.74 Å². The molecule has 0 spiro atoms. The summed E-state index contributed by atoms with van der Waals surface area (Å²) in [6, 6.07) is 13.1. The van der Waals surface area contributed by atoms with Crippen molar-refractivity contribution in [1.29, 1.82) is 0 Å². The third-order valence-corrected chi connectivity index (χ3v) is 5.40. The number of pyridine rings is 1. The highest BCUT2D eigenvalue weighted by atomic mass is 16.5. The summed E-state index contributed by atoms with van der Waals surface area (Å²) in [4.78, 5) is 28.1. The van der Waals surface area contributed by atoms with E-state index in [0.29, 0.717) is 37.6 Å². The Morgan fingerprint density at radius 2 is 1.94 bits per heavy atom. The summed E-state index contributed by atoms with van der Waals surface area (Å²) in [5.41, 5.74) is 2.21. The Morgan fingerprint density at radius 3 is 2.61 bits per heavy atom. The zero-order chi connectivity index (χ0) is 21.8. The highest BCUT2D eigenvalue weighted by Gasteiger charge is 2.31. The van der Waals surface area contributed by atoms with Crippen molar-refractivity contribution in [1.82, 2.24) is 9.55 Å². The fourth-order valence-electron chi connectivity index (χ4n) is 3.55. The Hall–Kier alpha value is -3.19. The minimum Gasteiger partial charge on any atom is -0.492 e. The second-order valence-electron chi connectivity index (χ2n) is 7.74. The average Bonchev–Trinajstić information content (AvgIpc) is 3.55. The molecule has 7 heteroatoms. The second-order valence-corrected chi connectivity index (χ2v) is 7.74. The van der Waals surface area contributed by atoms with E-state index in [1.54, 1.807) is 6.92 Å². The number of carboxylic acid groups (broad SMARTS) is 1. The molecule has 0 amide bonds. The number of rotatable bonds is 11. The minimum atomic E-state index is -0.961. The number of ether oxygens (including phenoxy) is 2. The van der Waals surface area contributed by atoms with Crippen LogP contribution in [0.1, 0.15) is 35.8 Å². The largest absolute Gasteiger partial charge is 0.492 e. The standard InChI is InChI=1S/C24H26N2O5/c1-2-30-21(24(28)29)15-16-3-8-19(9-4-16)31-14-13-26-12-11-18-7-10-20(25-23(18)26)22(27)17-5-6-17/h3-4,7-12,17,21H,2,5-6,13-15H2,1H3,(H,28,29). The fraction of sp³-hybridized carbons (Fsp3) is 0.375. The summed E-state index contributed by atoms with van der Waals surface area (Å²) in [5.74, 6) is 0.0391. The number of Topliss-reactive ketones (excluding diaryl/α,β-unsaturated/α-hetero) is 1. The summed E-state index contributed by atoms with van der Waals surface area (Å²) in [6.45, 7) is 3.19. The number of carboxylic acids is 1. The smallest absolute Gasteiger partial charge is 0.333 e. The topological polar surface area (TPSA) is 90.7 Å². The van der Waals surface area contributed by atoms with Crippen molar-refractivity contribution in [2.24, 2.45) is 5.92 Å². The zero-order valence-electron chi connectivity index (χ0n) is 17.5. The van der Waals surface area contributed by atoms with Gasteiger partial charge in [0.25, 0.3) is 0 Å².